The molecule has 1 nitrogen and oxygen atoms in total. The van der Waals surface area contributed by atoms with Gasteiger partial charge in [0.25, 0.3) is 0 Å². The fourth-order valence-corrected chi connectivity index (χ4v) is 2.43. The quantitative estimate of drug-likeness (QED) is 0.615. The van der Waals surface area contributed by atoms with E-state index in [9.17, 15) is 0 Å². The number of fused-ring (bicyclic) bond motifs is 1. The average Bonchev–Trinajstić information content (AvgIpc) is 2.47. The van der Waals surface area contributed by atoms with Crippen LogP contribution < -0.4 is 0 Å². The Hall–Kier alpha value is -0.520. The average molecular weight is 198 g/mol. The molecule has 0 spiro atoms. The van der Waals surface area contributed by atoms with Gasteiger partial charge in [0.15, 0.2) is 0 Å². The van der Waals surface area contributed by atoms with Crippen molar-refractivity contribution in [1.29, 1.82) is 0 Å². The van der Waals surface area contributed by atoms with Gasteiger partial charge in [-0.25, -0.2) is 0 Å². The number of halogens is 1. The Morgan fingerprint density at radius 1 is 1.25 bits per heavy atom. The molecular weight excluding hydrogens is 189 g/mol. The van der Waals surface area contributed by atoms with Gasteiger partial charge >= 0.3 is 0 Å². The summed E-state index contributed by atoms with van der Waals surface area (Å²) in [4.78, 5) is 0. The standard InChI is InChI=1S/C9H9ClNP/c1-12(10)11-7-6-8-4-2-3-5-9(8)11/h2-7H,1H3. The van der Waals surface area contributed by atoms with Crippen LogP contribution in [0.4, 0.5) is 0 Å². The fourth-order valence-electron chi connectivity index (χ4n) is 1.31. The van der Waals surface area contributed by atoms with Crippen molar-refractivity contribution >= 4 is 29.6 Å². The van der Waals surface area contributed by atoms with Crippen molar-refractivity contribution < 1.29 is 0 Å². The second-order valence-corrected chi connectivity index (χ2v) is 5.45. The Labute approximate surface area is 77.5 Å². The van der Waals surface area contributed by atoms with Crippen LogP contribution >= 0.6 is 18.7 Å². The molecule has 62 valence electrons. The van der Waals surface area contributed by atoms with Gasteiger partial charge in [-0.05, 0) is 24.2 Å². The number of rotatable bonds is 1. The summed E-state index contributed by atoms with van der Waals surface area (Å²) in [5.41, 5.74) is 1.22. The highest BCUT2D eigenvalue weighted by Crippen LogP contribution is 2.41. The predicted octanol–water partition coefficient (Wildman–Crippen LogP) is 3.67. The number of benzene rings is 1. The number of aromatic nitrogens is 1. The Morgan fingerprint density at radius 3 is 2.75 bits per heavy atom. The van der Waals surface area contributed by atoms with Crippen LogP contribution in [0.25, 0.3) is 10.9 Å². The molecule has 1 unspecified atom stereocenters. The van der Waals surface area contributed by atoms with Gasteiger partial charge in [-0.15, -0.1) is 0 Å². The molecule has 0 aliphatic rings. The van der Waals surface area contributed by atoms with Gasteiger partial charge in [-0.3, -0.25) is 0 Å². The van der Waals surface area contributed by atoms with Gasteiger partial charge in [0, 0.05) is 6.20 Å². The van der Waals surface area contributed by atoms with E-state index in [-0.39, 0.29) is 0 Å². The van der Waals surface area contributed by atoms with Gasteiger partial charge in [0.05, 0.1) is 12.9 Å². The van der Waals surface area contributed by atoms with Crippen LogP contribution in [-0.2, 0) is 0 Å². The van der Waals surface area contributed by atoms with E-state index in [1.807, 2.05) is 25.0 Å². The van der Waals surface area contributed by atoms with E-state index in [2.05, 4.69) is 22.5 Å². The molecule has 0 amide bonds. The van der Waals surface area contributed by atoms with Crippen LogP contribution in [0.15, 0.2) is 36.5 Å². The highest BCUT2D eigenvalue weighted by molar-refractivity contribution is 7.82. The minimum atomic E-state index is -0.569. The first kappa shape index (κ1) is 8.10. The van der Waals surface area contributed by atoms with Gasteiger partial charge in [-0.1, -0.05) is 29.4 Å². The third kappa shape index (κ3) is 1.24. The number of nitrogens with zero attached hydrogens (tertiary/aromatic N) is 1. The normalized spacial score (nSPS) is 13.5. The van der Waals surface area contributed by atoms with Crippen LogP contribution in [0, 0.1) is 0 Å². The lowest BCUT2D eigenvalue weighted by Gasteiger charge is -2.05. The Bertz CT molecular complexity index is 394. The largest absolute Gasteiger partial charge is 0.313 e. The van der Waals surface area contributed by atoms with E-state index >= 15 is 0 Å². The zero-order valence-electron chi connectivity index (χ0n) is 6.74. The molecule has 1 aromatic heterocycles. The maximum Gasteiger partial charge on any atom is 0.0900 e. The van der Waals surface area contributed by atoms with Crippen molar-refractivity contribution in [1.82, 2.24) is 4.34 Å². The van der Waals surface area contributed by atoms with Crippen molar-refractivity contribution in [3.63, 3.8) is 0 Å². The second kappa shape index (κ2) is 3.08. The summed E-state index contributed by atoms with van der Waals surface area (Å²) >= 11 is 6.05. The summed E-state index contributed by atoms with van der Waals surface area (Å²) in [6, 6.07) is 10.4. The summed E-state index contributed by atoms with van der Waals surface area (Å²) in [7, 11) is -0.569. The van der Waals surface area contributed by atoms with Crippen LogP contribution in [0.2, 0.25) is 0 Å². The Kier molecular flexibility index (Phi) is 2.08. The van der Waals surface area contributed by atoms with Crippen LogP contribution in [0.1, 0.15) is 0 Å². The minimum Gasteiger partial charge on any atom is -0.313 e. The Balaban J connectivity index is 2.70. The summed E-state index contributed by atoms with van der Waals surface area (Å²) in [6.07, 6.45) is 2.05. The number of hydrogen-bond donors (Lipinski definition) is 0. The molecule has 1 aromatic carbocycles. The van der Waals surface area contributed by atoms with E-state index in [0.717, 1.165) is 0 Å². The molecule has 12 heavy (non-hydrogen) atoms. The molecule has 0 saturated carbocycles. The fraction of sp³-hybridized carbons (Fsp3) is 0.111. The van der Waals surface area contributed by atoms with Gasteiger partial charge in [0.1, 0.15) is 0 Å². The van der Waals surface area contributed by atoms with E-state index in [4.69, 9.17) is 11.2 Å². The lowest BCUT2D eigenvalue weighted by molar-refractivity contribution is 1.33. The lowest BCUT2D eigenvalue weighted by Crippen LogP contribution is -1.81. The summed E-state index contributed by atoms with van der Waals surface area (Å²) in [5.74, 6) is 0. The molecule has 0 fully saturated rings. The lowest BCUT2D eigenvalue weighted by atomic mass is 10.3. The molecule has 2 rings (SSSR count). The van der Waals surface area contributed by atoms with Gasteiger partial charge in [-0.2, -0.15) is 0 Å². The molecule has 0 saturated heterocycles. The third-order valence-corrected chi connectivity index (χ3v) is 3.31. The first-order valence-electron chi connectivity index (χ1n) is 3.75. The van der Waals surface area contributed by atoms with Gasteiger partial charge in [0.2, 0.25) is 0 Å². The smallest absolute Gasteiger partial charge is 0.0900 e. The van der Waals surface area contributed by atoms with E-state index in [1.165, 1.54) is 10.9 Å². The molecular formula is C9H9ClNP. The van der Waals surface area contributed by atoms with Crippen molar-refractivity contribution in [3.05, 3.63) is 36.5 Å². The molecule has 0 aliphatic heterocycles. The SMILES string of the molecule is CP(Cl)n1ccc2ccccc21. The zero-order valence-corrected chi connectivity index (χ0v) is 8.39. The molecule has 0 aliphatic carbocycles. The van der Waals surface area contributed by atoms with Crippen molar-refractivity contribution in [2.45, 2.75) is 0 Å². The van der Waals surface area contributed by atoms with Crippen molar-refractivity contribution in [3.8, 4) is 0 Å². The van der Waals surface area contributed by atoms with Crippen molar-refractivity contribution in [2.75, 3.05) is 6.66 Å². The monoisotopic (exact) mass is 197 g/mol. The summed E-state index contributed by atoms with van der Waals surface area (Å²) < 4.78 is 2.12. The zero-order chi connectivity index (χ0) is 8.55. The number of hydrogen-bond acceptors (Lipinski definition) is 0. The van der Waals surface area contributed by atoms with Crippen LogP contribution in [0.5, 0.6) is 0 Å². The Morgan fingerprint density at radius 2 is 2.00 bits per heavy atom. The highest BCUT2D eigenvalue weighted by atomic mass is 35.7. The van der Waals surface area contributed by atoms with Crippen LogP contribution in [0.3, 0.4) is 0 Å². The second-order valence-electron chi connectivity index (χ2n) is 2.66. The molecule has 0 bridgehead atoms. The highest BCUT2D eigenvalue weighted by Gasteiger charge is 2.03. The predicted molar refractivity (Wildman–Crippen MR) is 56.0 cm³/mol. The van der Waals surface area contributed by atoms with E-state index < -0.39 is 7.43 Å². The molecule has 1 heterocycles. The van der Waals surface area contributed by atoms with Gasteiger partial charge < -0.3 is 4.34 Å². The summed E-state index contributed by atoms with van der Waals surface area (Å²) in [6.45, 7) is 2.03. The van der Waals surface area contributed by atoms with E-state index in [1.54, 1.807) is 0 Å². The maximum atomic E-state index is 6.05. The third-order valence-electron chi connectivity index (χ3n) is 1.88. The maximum absolute atomic E-state index is 6.05. The topological polar surface area (TPSA) is 4.93 Å². The number of para-hydroxylation sites is 1. The molecule has 3 heteroatoms. The first-order valence-corrected chi connectivity index (χ1v) is 6.39. The molecule has 1 atom stereocenters. The van der Waals surface area contributed by atoms with E-state index in [0.29, 0.717) is 0 Å². The van der Waals surface area contributed by atoms with Crippen LogP contribution in [-0.4, -0.2) is 11.0 Å². The first-order chi connectivity index (χ1) is 5.79. The minimum absolute atomic E-state index is 0.569. The summed E-state index contributed by atoms with van der Waals surface area (Å²) in [5, 5.41) is 1.26. The molecule has 0 N–H and O–H groups in total. The molecule has 2 aromatic rings. The molecule has 0 radical (unpaired) electrons. The van der Waals surface area contributed by atoms with Crippen molar-refractivity contribution in [2.24, 2.45) is 0 Å².